The van der Waals surface area contributed by atoms with E-state index in [1.54, 1.807) is 29.1 Å². The number of carboxylic acid groups (broad SMARTS) is 1. The molecular formula is C26H29N7O5S2. The third-order valence-electron chi connectivity index (χ3n) is 6.61. The highest BCUT2D eigenvalue weighted by atomic mass is 32.2. The van der Waals surface area contributed by atoms with Crippen molar-refractivity contribution >= 4 is 48.4 Å². The van der Waals surface area contributed by atoms with Gasteiger partial charge in [0.15, 0.2) is 0 Å². The number of aliphatic carboxylic acids is 1. The van der Waals surface area contributed by atoms with Crippen molar-refractivity contribution in [2.45, 2.75) is 43.3 Å². The van der Waals surface area contributed by atoms with Crippen LogP contribution >= 0.6 is 11.3 Å². The Labute approximate surface area is 234 Å². The lowest BCUT2D eigenvalue weighted by Crippen LogP contribution is -2.42. The van der Waals surface area contributed by atoms with Crippen LogP contribution in [0.4, 0.5) is 0 Å². The van der Waals surface area contributed by atoms with Crippen LogP contribution in [0.5, 0.6) is 5.75 Å². The number of carbonyl (C=O) groups is 1. The topological polar surface area (TPSA) is 178 Å². The van der Waals surface area contributed by atoms with Gasteiger partial charge in [-0.05, 0) is 35.7 Å². The molecule has 5 aromatic rings. The predicted octanol–water partition coefficient (Wildman–Crippen LogP) is 3.08. The number of nitrogens with two attached hydrogens (primary N) is 1. The first kappa shape index (κ1) is 27.7. The second-order valence-corrected chi connectivity index (χ2v) is 12.6. The van der Waals surface area contributed by atoms with Crippen molar-refractivity contribution in [2.24, 2.45) is 11.1 Å². The van der Waals surface area contributed by atoms with Crippen molar-refractivity contribution in [3.8, 4) is 5.75 Å². The minimum atomic E-state index is -3.88. The lowest BCUT2D eigenvalue weighted by atomic mass is 10.0. The van der Waals surface area contributed by atoms with Gasteiger partial charge >= 0.3 is 5.97 Å². The van der Waals surface area contributed by atoms with Gasteiger partial charge in [0.25, 0.3) is 10.0 Å². The number of fused-ring (bicyclic) bond motifs is 2. The van der Waals surface area contributed by atoms with Crippen LogP contribution in [0.25, 0.3) is 21.1 Å². The second-order valence-electron chi connectivity index (χ2n) is 9.81. The monoisotopic (exact) mass is 583 g/mol. The number of rotatable bonds is 12. The molecule has 0 aliphatic heterocycles. The van der Waals surface area contributed by atoms with E-state index in [-0.39, 0.29) is 22.9 Å². The van der Waals surface area contributed by atoms with Crippen molar-refractivity contribution in [3.63, 3.8) is 0 Å². The van der Waals surface area contributed by atoms with Gasteiger partial charge in [-0.25, -0.2) is 23.2 Å². The molecule has 0 bridgehead atoms. The fourth-order valence-corrected chi connectivity index (χ4v) is 6.14. The van der Waals surface area contributed by atoms with E-state index in [1.165, 1.54) is 0 Å². The summed E-state index contributed by atoms with van der Waals surface area (Å²) in [5.41, 5.74) is 3.02. The predicted molar refractivity (Wildman–Crippen MR) is 151 cm³/mol. The van der Waals surface area contributed by atoms with Crippen molar-refractivity contribution in [1.82, 2.24) is 30.3 Å². The van der Waals surface area contributed by atoms with Crippen LogP contribution in [0.2, 0.25) is 0 Å². The van der Waals surface area contributed by atoms with Gasteiger partial charge in [0.05, 0.1) is 22.5 Å². The van der Waals surface area contributed by atoms with Crippen molar-refractivity contribution in [2.75, 3.05) is 6.54 Å². The number of benzene rings is 2. The molecule has 3 heterocycles. The van der Waals surface area contributed by atoms with Gasteiger partial charge in [-0.2, -0.15) is 0 Å². The SMILES string of the molecule is CC(C)[C@H](CNC(Cc1c[nH]c2ccccc12)C(=O)O)n1cc(COc2ccc3nc(S(N)(=O)=O)sc3c2)nn1. The standard InChI is InChI=1S/C26H29N7O5S2/c1-15(2)23(12-29-22(25(34)35)9-16-11-28-20-6-4-3-5-19(16)20)33-13-17(31-32-33)14-38-18-7-8-21-24(10-18)39-26(30-21)40(27,36)37/h3-8,10-11,13,15,22-23,28-29H,9,12,14H2,1-2H3,(H,34,35)(H2,27,36,37)/t22?,23-/m0/s1. The molecule has 0 amide bonds. The molecule has 0 saturated carbocycles. The second kappa shape index (κ2) is 11.3. The number of sulfonamides is 1. The maximum Gasteiger partial charge on any atom is 0.321 e. The molecule has 0 fully saturated rings. The summed E-state index contributed by atoms with van der Waals surface area (Å²) in [5, 5.41) is 27.8. The van der Waals surface area contributed by atoms with E-state index in [0.717, 1.165) is 27.8 Å². The summed E-state index contributed by atoms with van der Waals surface area (Å²) in [6, 6.07) is 12.0. The lowest BCUT2D eigenvalue weighted by molar-refractivity contribution is -0.139. The van der Waals surface area contributed by atoms with Crippen LogP contribution in [0.15, 0.2) is 59.2 Å². The zero-order chi connectivity index (χ0) is 28.4. The number of ether oxygens (including phenoxy) is 1. The third-order valence-corrected chi connectivity index (χ3v) is 8.95. The average molecular weight is 584 g/mol. The summed E-state index contributed by atoms with van der Waals surface area (Å²) >= 11 is 0.976. The molecule has 5 N–H and O–H groups in total. The zero-order valence-electron chi connectivity index (χ0n) is 21.8. The molecule has 0 aliphatic carbocycles. The molecule has 5 rings (SSSR count). The van der Waals surface area contributed by atoms with Gasteiger partial charge in [-0.15, -0.1) is 16.4 Å². The molecule has 1 unspecified atom stereocenters. The smallest absolute Gasteiger partial charge is 0.321 e. The third kappa shape index (κ3) is 6.14. The molecule has 0 radical (unpaired) electrons. The minimum Gasteiger partial charge on any atom is -0.487 e. The van der Waals surface area contributed by atoms with Crippen molar-refractivity contribution < 1.29 is 23.1 Å². The molecule has 2 aromatic carbocycles. The van der Waals surface area contributed by atoms with Crippen molar-refractivity contribution in [1.29, 1.82) is 0 Å². The highest BCUT2D eigenvalue weighted by Crippen LogP contribution is 2.28. The molecule has 14 heteroatoms. The number of aromatic amines is 1. The molecule has 0 spiro atoms. The molecule has 0 aliphatic rings. The maximum absolute atomic E-state index is 12.1. The summed E-state index contributed by atoms with van der Waals surface area (Å²) in [7, 11) is -3.88. The van der Waals surface area contributed by atoms with Crippen LogP contribution in [0.3, 0.4) is 0 Å². The Bertz CT molecular complexity index is 1760. The lowest BCUT2D eigenvalue weighted by Gasteiger charge is -2.23. The fourth-order valence-electron chi connectivity index (χ4n) is 4.46. The summed E-state index contributed by atoms with van der Waals surface area (Å²) in [4.78, 5) is 19.3. The first-order chi connectivity index (χ1) is 19.1. The molecule has 40 heavy (non-hydrogen) atoms. The van der Waals surface area contributed by atoms with E-state index in [9.17, 15) is 18.3 Å². The Kier molecular flexibility index (Phi) is 7.85. The number of nitrogens with one attached hydrogen (secondary N) is 2. The van der Waals surface area contributed by atoms with E-state index < -0.39 is 22.0 Å². The number of thiazole rings is 1. The summed E-state index contributed by atoms with van der Waals surface area (Å²) in [6.45, 7) is 4.61. The number of H-pyrrole nitrogens is 1. The molecule has 3 aromatic heterocycles. The Balaban J connectivity index is 1.23. The van der Waals surface area contributed by atoms with Gasteiger partial charge in [0.2, 0.25) is 4.34 Å². The first-order valence-electron chi connectivity index (χ1n) is 12.6. The number of para-hydroxylation sites is 1. The van der Waals surface area contributed by atoms with Crippen LogP contribution in [-0.4, -0.2) is 57.0 Å². The van der Waals surface area contributed by atoms with E-state index in [1.807, 2.05) is 44.3 Å². The van der Waals surface area contributed by atoms with Gasteiger partial charge in [-0.3, -0.25) is 4.79 Å². The van der Waals surface area contributed by atoms with Crippen LogP contribution in [-0.2, 0) is 27.8 Å². The maximum atomic E-state index is 12.1. The number of hydrogen-bond acceptors (Lipinski definition) is 9. The van der Waals surface area contributed by atoms with Gasteiger partial charge in [0, 0.05) is 30.1 Å². The largest absolute Gasteiger partial charge is 0.487 e. The Morgan fingerprint density at radius 2 is 2.05 bits per heavy atom. The Hall–Kier alpha value is -3.85. The van der Waals surface area contributed by atoms with Crippen molar-refractivity contribution in [3.05, 3.63) is 66.1 Å². The van der Waals surface area contributed by atoms with Crippen LogP contribution in [0.1, 0.15) is 31.1 Å². The number of primary sulfonamides is 1. The number of aromatic nitrogens is 5. The molecule has 210 valence electrons. The van der Waals surface area contributed by atoms with Gasteiger partial charge in [-0.1, -0.05) is 37.3 Å². The summed E-state index contributed by atoms with van der Waals surface area (Å²) in [6.07, 6.45) is 3.98. The highest BCUT2D eigenvalue weighted by Gasteiger charge is 2.24. The average Bonchev–Trinajstić information content (AvgIpc) is 3.65. The zero-order valence-corrected chi connectivity index (χ0v) is 23.4. The number of hydrogen-bond donors (Lipinski definition) is 4. The molecule has 2 atom stereocenters. The number of nitrogens with zero attached hydrogens (tertiary/aromatic N) is 4. The van der Waals surface area contributed by atoms with E-state index in [0.29, 0.717) is 34.6 Å². The van der Waals surface area contributed by atoms with Gasteiger partial charge < -0.3 is 20.1 Å². The fraction of sp³-hybridized carbons (Fsp3) is 0.308. The van der Waals surface area contributed by atoms with Gasteiger partial charge in [0.1, 0.15) is 24.1 Å². The van der Waals surface area contributed by atoms with E-state index >= 15 is 0 Å². The normalized spacial score (nSPS) is 13.7. The summed E-state index contributed by atoms with van der Waals surface area (Å²) < 4.78 is 31.2. The Morgan fingerprint density at radius 1 is 1.25 bits per heavy atom. The van der Waals surface area contributed by atoms with Crippen LogP contribution < -0.4 is 15.2 Å². The van der Waals surface area contributed by atoms with Crippen LogP contribution in [0, 0.1) is 5.92 Å². The summed E-state index contributed by atoms with van der Waals surface area (Å²) in [5.74, 6) is -0.253. The first-order valence-corrected chi connectivity index (χ1v) is 14.9. The number of carboxylic acids is 1. The minimum absolute atomic E-state index is 0.142. The molecule has 12 nitrogen and oxygen atoms in total. The Morgan fingerprint density at radius 3 is 2.80 bits per heavy atom. The molecule has 0 saturated heterocycles. The highest BCUT2D eigenvalue weighted by molar-refractivity contribution is 7.91. The van der Waals surface area contributed by atoms with E-state index in [2.05, 4.69) is 25.6 Å². The quantitative estimate of drug-likeness (QED) is 0.172. The molecular weight excluding hydrogens is 554 g/mol. The van der Waals surface area contributed by atoms with E-state index in [4.69, 9.17) is 9.88 Å².